The summed E-state index contributed by atoms with van der Waals surface area (Å²) in [5.74, 6) is 0.141. The molecule has 1 saturated heterocycles. The van der Waals surface area contributed by atoms with E-state index in [9.17, 15) is 4.79 Å². The van der Waals surface area contributed by atoms with Crippen LogP contribution in [0.4, 0.5) is 0 Å². The van der Waals surface area contributed by atoms with Gasteiger partial charge in [0.15, 0.2) is 5.65 Å². The van der Waals surface area contributed by atoms with Crippen LogP contribution in [0.5, 0.6) is 0 Å². The van der Waals surface area contributed by atoms with Crippen LogP contribution in [0.25, 0.3) is 11.0 Å². The van der Waals surface area contributed by atoms with Crippen molar-refractivity contribution in [2.24, 2.45) is 0 Å². The molecule has 2 aromatic heterocycles. The minimum Gasteiger partial charge on any atom is -0.353 e. The van der Waals surface area contributed by atoms with Crippen LogP contribution in [0.3, 0.4) is 0 Å². The lowest BCUT2D eigenvalue weighted by atomic mass is 9.98. The van der Waals surface area contributed by atoms with Crippen molar-refractivity contribution in [2.75, 3.05) is 13.1 Å². The fraction of sp³-hybridized carbons (Fsp3) is 0.536. The number of piperidine rings is 1. The smallest absolute Gasteiger partial charge is 0.220 e. The number of aryl methyl sites for hydroxylation is 3. The predicted molar refractivity (Wildman–Crippen MR) is 138 cm³/mol. The molecule has 0 unspecified atom stereocenters. The van der Waals surface area contributed by atoms with E-state index >= 15 is 0 Å². The summed E-state index contributed by atoms with van der Waals surface area (Å²) in [6.45, 7) is 15.7. The van der Waals surface area contributed by atoms with Crippen LogP contribution in [0.2, 0.25) is 0 Å². The molecule has 0 atom stereocenters. The number of amides is 1. The fourth-order valence-electron chi connectivity index (χ4n) is 5.16. The number of fused-ring (bicyclic) bond motifs is 1. The third-order valence-electron chi connectivity index (χ3n) is 7.01. The number of carbonyl (C=O) groups is 1. The Kier molecular flexibility index (Phi) is 7.08. The highest BCUT2D eigenvalue weighted by molar-refractivity contribution is 5.84. The molecule has 0 saturated carbocycles. The number of hydrogen-bond donors (Lipinski definition) is 1. The van der Waals surface area contributed by atoms with Crippen LogP contribution in [0.1, 0.15) is 68.1 Å². The number of rotatable bonds is 6. The number of hydrogen-bond acceptors (Lipinski definition) is 4. The van der Waals surface area contributed by atoms with Gasteiger partial charge in [-0.15, -0.1) is 0 Å². The van der Waals surface area contributed by atoms with Crippen LogP contribution < -0.4 is 5.32 Å². The first kappa shape index (κ1) is 24.4. The van der Waals surface area contributed by atoms with Gasteiger partial charge in [0.05, 0.1) is 11.2 Å². The molecule has 182 valence electrons. The minimum atomic E-state index is -0.129. The van der Waals surface area contributed by atoms with E-state index in [0.717, 1.165) is 54.9 Å². The van der Waals surface area contributed by atoms with Gasteiger partial charge in [0, 0.05) is 43.2 Å². The van der Waals surface area contributed by atoms with E-state index < -0.39 is 0 Å². The summed E-state index contributed by atoms with van der Waals surface area (Å²) in [4.78, 5) is 20.2. The van der Waals surface area contributed by atoms with E-state index in [0.29, 0.717) is 12.8 Å². The second-order valence-corrected chi connectivity index (χ2v) is 10.8. The first-order chi connectivity index (χ1) is 16.1. The molecule has 1 aliphatic rings. The Morgan fingerprint density at radius 2 is 1.74 bits per heavy atom. The summed E-state index contributed by atoms with van der Waals surface area (Å²) < 4.78 is 2.03. The average molecular weight is 462 g/mol. The highest BCUT2D eigenvalue weighted by atomic mass is 16.1. The van der Waals surface area contributed by atoms with Gasteiger partial charge in [-0.3, -0.25) is 9.69 Å². The van der Waals surface area contributed by atoms with E-state index in [1.54, 1.807) is 0 Å². The monoisotopic (exact) mass is 461 g/mol. The Morgan fingerprint density at radius 1 is 1.06 bits per heavy atom. The van der Waals surface area contributed by atoms with Gasteiger partial charge in [-0.05, 0) is 77.5 Å². The van der Waals surface area contributed by atoms with E-state index in [1.165, 1.54) is 16.7 Å². The Bertz CT molecular complexity index is 1150. The summed E-state index contributed by atoms with van der Waals surface area (Å²) in [6, 6.07) is 10.9. The molecule has 1 aromatic carbocycles. The van der Waals surface area contributed by atoms with Gasteiger partial charge in [0.25, 0.3) is 0 Å². The minimum absolute atomic E-state index is 0.129. The van der Waals surface area contributed by atoms with E-state index in [4.69, 9.17) is 10.1 Å². The molecule has 34 heavy (non-hydrogen) atoms. The Balaban J connectivity index is 1.34. The zero-order valence-corrected chi connectivity index (χ0v) is 21.6. The quantitative estimate of drug-likeness (QED) is 0.571. The maximum Gasteiger partial charge on any atom is 0.220 e. The third kappa shape index (κ3) is 5.33. The number of likely N-dealkylation sites (tertiary alicyclic amines) is 1. The lowest BCUT2D eigenvalue weighted by Crippen LogP contribution is -2.44. The Hall–Kier alpha value is -2.73. The van der Waals surface area contributed by atoms with Crippen LogP contribution in [-0.4, -0.2) is 44.7 Å². The number of carbonyl (C=O) groups excluding carboxylic acids is 1. The summed E-state index contributed by atoms with van der Waals surface area (Å²) >= 11 is 0. The predicted octanol–water partition coefficient (Wildman–Crippen LogP) is 4.82. The molecule has 0 aliphatic carbocycles. The van der Waals surface area contributed by atoms with Gasteiger partial charge >= 0.3 is 0 Å². The number of nitrogens with one attached hydrogen (secondary N) is 1. The van der Waals surface area contributed by atoms with Gasteiger partial charge in [-0.1, -0.05) is 30.3 Å². The van der Waals surface area contributed by atoms with Crippen molar-refractivity contribution < 1.29 is 4.79 Å². The fourth-order valence-corrected chi connectivity index (χ4v) is 5.16. The van der Waals surface area contributed by atoms with Gasteiger partial charge in [-0.2, -0.15) is 5.10 Å². The Labute approximate surface area is 203 Å². The molecular weight excluding hydrogens is 422 g/mol. The molecule has 1 aliphatic heterocycles. The average Bonchev–Trinajstić information content (AvgIpc) is 3.12. The molecule has 6 nitrogen and oxygen atoms in total. The topological polar surface area (TPSA) is 63.1 Å². The highest BCUT2D eigenvalue weighted by Gasteiger charge is 2.24. The standard InChI is InChI=1S/C28H39N5O/c1-19-24(20(2)29-27-26(19)21(3)31-33(27)28(4,5)6)12-13-25(34)30-23-14-16-32(17-15-23)18-22-10-8-7-9-11-22/h7-11,23H,12-18H2,1-6H3,(H,30,34). The van der Waals surface area contributed by atoms with Crippen molar-refractivity contribution in [3.63, 3.8) is 0 Å². The molecule has 1 fully saturated rings. The number of aromatic nitrogens is 3. The van der Waals surface area contributed by atoms with Crippen LogP contribution >= 0.6 is 0 Å². The lowest BCUT2D eigenvalue weighted by Gasteiger charge is -2.32. The van der Waals surface area contributed by atoms with E-state index in [-0.39, 0.29) is 17.5 Å². The second kappa shape index (κ2) is 9.87. The molecule has 1 N–H and O–H groups in total. The first-order valence-electron chi connectivity index (χ1n) is 12.5. The lowest BCUT2D eigenvalue weighted by molar-refractivity contribution is -0.122. The maximum absolute atomic E-state index is 12.8. The molecular formula is C28H39N5O. The zero-order valence-electron chi connectivity index (χ0n) is 21.6. The van der Waals surface area contributed by atoms with Crippen molar-refractivity contribution in [3.05, 3.63) is 58.4 Å². The summed E-state index contributed by atoms with van der Waals surface area (Å²) in [6.07, 6.45) is 3.22. The van der Waals surface area contributed by atoms with Crippen LogP contribution in [0.15, 0.2) is 30.3 Å². The molecule has 0 radical (unpaired) electrons. The first-order valence-corrected chi connectivity index (χ1v) is 12.5. The van der Waals surface area contributed by atoms with Gasteiger partial charge in [-0.25, -0.2) is 9.67 Å². The molecule has 3 aromatic rings. The van der Waals surface area contributed by atoms with Crippen molar-refractivity contribution in [2.45, 2.75) is 85.4 Å². The van der Waals surface area contributed by atoms with E-state index in [2.05, 4.69) is 82.1 Å². The van der Waals surface area contributed by atoms with Crippen LogP contribution in [0, 0.1) is 20.8 Å². The van der Waals surface area contributed by atoms with Crippen molar-refractivity contribution in [1.29, 1.82) is 0 Å². The second-order valence-electron chi connectivity index (χ2n) is 10.8. The SMILES string of the molecule is Cc1nc2c(c(C)nn2C(C)(C)C)c(C)c1CCC(=O)NC1CCN(Cc2ccccc2)CC1. The van der Waals surface area contributed by atoms with Crippen molar-refractivity contribution >= 4 is 16.9 Å². The van der Waals surface area contributed by atoms with Crippen molar-refractivity contribution in [3.8, 4) is 0 Å². The molecule has 0 spiro atoms. The number of benzene rings is 1. The largest absolute Gasteiger partial charge is 0.353 e. The van der Waals surface area contributed by atoms with Gasteiger partial charge in [0.1, 0.15) is 0 Å². The van der Waals surface area contributed by atoms with Gasteiger partial charge < -0.3 is 5.32 Å². The third-order valence-corrected chi connectivity index (χ3v) is 7.01. The maximum atomic E-state index is 12.8. The molecule has 1 amide bonds. The number of pyridine rings is 1. The summed E-state index contributed by atoms with van der Waals surface area (Å²) in [7, 11) is 0. The highest BCUT2D eigenvalue weighted by Crippen LogP contribution is 2.29. The summed E-state index contributed by atoms with van der Waals surface area (Å²) in [5.41, 5.74) is 6.55. The zero-order chi connectivity index (χ0) is 24.5. The molecule has 3 heterocycles. The summed E-state index contributed by atoms with van der Waals surface area (Å²) in [5, 5.41) is 9.19. The Morgan fingerprint density at radius 3 is 2.38 bits per heavy atom. The molecule has 4 rings (SSSR count). The van der Waals surface area contributed by atoms with Gasteiger partial charge in [0.2, 0.25) is 5.91 Å². The molecule has 6 heteroatoms. The van der Waals surface area contributed by atoms with Crippen molar-refractivity contribution in [1.82, 2.24) is 25.0 Å². The normalized spacial score (nSPS) is 15.7. The number of nitrogens with zero attached hydrogens (tertiary/aromatic N) is 4. The van der Waals surface area contributed by atoms with Crippen LogP contribution in [-0.2, 0) is 23.3 Å². The van der Waals surface area contributed by atoms with E-state index in [1.807, 2.05) is 4.68 Å². The molecule has 0 bridgehead atoms.